The number of nitro groups is 1. The molecule has 1 saturated carbocycles. The molecule has 0 atom stereocenters. The Hall–Kier alpha value is -0.890. The lowest BCUT2D eigenvalue weighted by Gasteiger charge is -2.40. The van der Waals surface area contributed by atoms with Gasteiger partial charge in [0.1, 0.15) is 0 Å². The summed E-state index contributed by atoms with van der Waals surface area (Å²) in [6, 6.07) is 4.93. The van der Waals surface area contributed by atoms with Crippen LogP contribution in [-0.2, 0) is 0 Å². The number of halogens is 1. The molecule has 0 bridgehead atoms. The second kappa shape index (κ2) is 6.08. The number of benzene rings is 1. The highest BCUT2D eigenvalue weighted by Gasteiger charge is 2.36. The van der Waals surface area contributed by atoms with Crippen LogP contribution in [0.4, 0.5) is 11.4 Å². The maximum Gasteiger partial charge on any atom is 0.282 e. The van der Waals surface area contributed by atoms with Gasteiger partial charge in [-0.25, -0.2) is 0 Å². The molecular weight excluding hydrogens is 383 g/mol. The lowest BCUT2D eigenvalue weighted by atomic mass is 9.71. The van der Waals surface area contributed by atoms with Crippen LogP contribution < -0.4 is 5.32 Å². The van der Waals surface area contributed by atoms with Crippen molar-refractivity contribution in [2.24, 2.45) is 5.41 Å². The molecule has 1 aliphatic rings. The molecule has 1 aromatic rings. The summed E-state index contributed by atoms with van der Waals surface area (Å²) < 4.78 is 0.597. The Morgan fingerprint density at radius 3 is 2.48 bits per heavy atom. The lowest BCUT2D eigenvalue weighted by molar-refractivity contribution is -0.385. The summed E-state index contributed by atoms with van der Waals surface area (Å²) in [5, 5.41) is 24.6. The third kappa shape index (κ3) is 4.29. The second-order valence-corrected chi connectivity index (χ2v) is 7.83. The fourth-order valence-corrected chi connectivity index (χ4v) is 3.31. The Labute approximate surface area is 138 Å². The highest BCUT2D eigenvalue weighted by molar-refractivity contribution is 14.1. The van der Waals surface area contributed by atoms with Crippen LogP contribution in [0.2, 0.25) is 0 Å². The van der Waals surface area contributed by atoms with Crippen molar-refractivity contribution in [1.29, 1.82) is 0 Å². The third-order valence-electron chi connectivity index (χ3n) is 4.30. The van der Waals surface area contributed by atoms with Gasteiger partial charge < -0.3 is 10.4 Å². The van der Waals surface area contributed by atoms with E-state index in [2.05, 4.69) is 19.2 Å². The topological polar surface area (TPSA) is 75.4 Å². The minimum atomic E-state index is -0.678. The minimum Gasteiger partial charge on any atom is -0.388 e. The maximum atomic E-state index is 10.8. The normalized spacial score (nSPS) is 20.0. The molecule has 0 unspecified atom stereocenters. The quantitative estimate of drug-likeness (QED) is 0.453. The van der Waals surface area contributed by atoms with E-state index in [1.54, 1.807) is 12.1 Å². The molecule has 6 heteroatoms. The Balaban J connectivity index is 1.97. The lowest BCUT2D eigenvalue weighted by Crippen LogP contribution is -2.42. The first-order valence-corrected chi connectivity index (χ1v) is 8.19. The molecule has 0 amide bonds. The van der Waals surface area contributed by atoms with Gasteiger partial charge in [-0.1, -0.05) is 13.8 Å². The zero-order valence-corrected chi connectivity index (χ0v) is 14.5. The van der Waals surface area contributed by atoms with E-state index in [1.165, 1.54) is 6.07 Å². The van der Waals surface area contributed by atoms with Gasteiger partial charge in [-0.2, -0.15) is 0 Å². The molecule has 1 fully saturated rings. The molecule has 1 aliphatic carbocycles. The number of nitrogens with one attached hydrogen (secondary N) is 1. The van der Waals surface area contributed by atoms with E-state index in [-0.39, 0.29) is 10.6 Å². The van der Waals surface area contributed by atoms with Crippen molar-refractivity contribution in [1.82, 2.24) is 0 Å². The van der Waals surface area contributed by atoms with Crippen LogP contribution >= 0.6 is 22.6 Å². The average Bonchev–Trinajstić information content (AvgIpc) is 2.40. The van der Waals surface area contributed by atoms with Gasteiger partial charge in [-0.3, -0.25) is 10.1 Å². The predicted octanol–water partition coefficient (Wildman–Crippen LogP) is 3.94. The van der Waals surface area contributed by atoms with Gasteiger partial charge in [-0.05, 0) is 65.8 Å². The summed E-state index contributed by atoms with van der Waals surface area (Å²) in [5.74, 6) is 0. The van der Waals surface area contributed by atoms with Crippen LogP contribution in [0.1, 0.15) is 39.5 Å². The highest BCUT2D eigenvalue weighted by Crippen LogP contribution is 2.40. The summed E-state index contributed by atoms with van der Waals surface area (Å²) in [6.07, 6.45) is 3.61. The van der Waals surface area contributed by atoms with Crippen LogP contribution in [0.5, 0.6) is 0 Å². The summed E-state index contributed by atoms with van der Waals surface area (Å²) in [5.41, 5.74) is 0.556. The SMILES string of the molecule is CC1(C)CCC(O)(CNc2ccc([N+](=O)[O-])c(I)c2)CC1. The van der Waals surface area contributed by atoms with Crippen molar-refractivity contribution in [2.75, 3.05) is 11.9 Å². The van der Waals surface area contributed by atoms with Crippen molar-refractivity contribution in [2.45, 2.75) is 45.1 Å². The molecule has 116 valence electrons. The van der Waals surface area contributed by atoms with Crippen molar-refractivity contribution >= 4 is 34.0 Å². The number of nitrogens with zero attached hydrogens (tertiary/aromatic N) is 1. The van der Waals surface area contributed by atoms with Gasteiger partial charge >= 0.3 is 0 Å². The largest absolute Gasteiger partial charge is 0.388 e. The molecule has 0 spiro atoms. The zero-order chi connectivity index (χ0) is 15.7. The fourth-order valence-electron chi connectivity index (χ4n) is 2.60. The number of hydrogen-bond donors (Lipinski definition) is 2. The van der Waals surface area contributed by atoms with E-state index in [1.807, 2.05) is 22.6 Å². The summed E-state index contributed by atoms with van der Waals surface area (Å²) >= 11 is 1.96. The number of anilines is 1. The van der Waals surface area contributed by atoms with Crippen LogP contribution in [-0.4, -0.2) is 22.2 Å². The molecule has 0 heterocycles. The molecule has 0 aliphatic heterocycles. The zero-order valence-electron chi connectivity index (χ0n) is 12.4. The maximum absolute atomic E-state index is 10.8. The summed E-state index contributed by atoms with van der Waals surface area (Å²) in [6.45, 7) is 4.95. The van der Waals surface area contributed by atoms with Crippen LogP contribution in [0.3, 0.4) is 0 Å². The van der Waals surface area contributed by atoms with E-state index in [9.17, 15) is 15.2 Å². The molecular formula is C15H21IN2O3. The van der Waals surface area contributed by atoms with Gasteiger partial charge in [-0.15, -0.1) is 0 Å². The van der Waals surface area contributed by atoms with Gasteiger partial charge in [0, 0.05) is 18.3 Å². The molecule has 0 radical (unpaired) electrons. The highest BCUT2D eigenvalue weighted by atomic mass is 127. The van der Waals surface area contributed by atoms with Gasteiger partial charge in [0.05, 0.1) is 14.1 Å². The summed E-state index contributed by atoms with van der Waals surface area (Å²) in [7, 11) is 0. The second-order valence-electron chi connectivity index (χ2n) is 6.67. The van der Waals surface area contributed by atoms with E-state index < -0.39 is 5.60 Å². The standard InChI is InChI=1S/C15H21IN2O3/c1-14(2)5-7-15(19,8-6-14)10-17-11-3-4-13(18(20)21)12(16)9-11/h3-4,9,17,19H,5-8,10H2,1-2H3. The molecule has 1 aromatic carbocycles. The first-order chi connectivity index (χ1) is 9.71. The van der Waals surface area contributed by atoms with Crippen molar-refractivity contribution in [3.05, 3.63) is 31.9 Å². The van der Waals surface area contributed by atoms with Crippen molar-refractivity contribution < 1.29 is 10.0 Å². The first kappa shape index (κ1) is 16.5. The van der Waals surface area contributed by atoms with Crippen molar-refractivity contribution in [3.8, 4) is 0 Å². The Morgan fingerprint density at radius 1 is 1.33 bits per heavy atom. The van der Waals surface area contributed by atoms with Crippen LogP contribution in [0.25, 0.3) is 0 Å². The fraction of sp³-hybridized carbons (Fsp3) is 0.600. The van der Waals surface area contributed by atoms with Crippen LogP contribution in [0.15, 0.2) is 18.2 Å². The number of rotatable bonds is 4. The molecule has 2 N–H and O–H groups in total. The minimum absolute atomic E-state index is 0.110. The number of aliphatic hydroxyl groups is 1. The Kier molecular flexibility index (Phi) is 4.77. The Morgan fingerprint density at radius 2 is 1.95 bits per heavy atom. The van der Waals surface area contributed by atoms with Gasteiger partial charge in [0.25, 0.3) is 5.69 Å². The smallest absolute Gasteiger partial charge is 0.282 e. The van der Waals surface area contributed by atoms with Gasteiger partial charge in [0.15, 0.2) is 0 Å². The number of nitro benzene ring substituents is 1. The average molecular weight is 404 g/mol. The Bertz CT molecular complexity index is 536. The predicted molar refractivity (Wildman–Crippen MR) is 91.5 cm³/mol. The van der Waals surface area contributed by atoms with E-state index in [0.717, 1.165) is 31.4 Å². The molecule has 5 nitrogen and oxygen atoms in total. The van der Waals surface area contributed by atoms with Crippen LogP contribution in [0, 0.1) is 19.1 Å². The first-order valence-electron chi connectivity index (χ1n) is 7.11. The third-order valence-corrected chi connectivity index (χ3v) is 5.16. The van der Waals surface area contributed by atoms with E-state index in [0.29, 0.717) is 15.5 Å². The summed E-state index contributed by atoms with van der Waals surface area (Å²) in [4.78, 5) is 10.4. The molecule has 21 heavy (non-hydrogen) atoms. The molecule has 0 saturated heterocycles. The monoisotopic (exact) mass is 404 g/mol. The molecule has 0 aromatic heterocycles. The van der Waals surface area contributed by atoms with E-state index in [4.69, 9.17) is 0 Å². The number of hydrogen-bond acceptors (Lipinski definition) is 4. The van der Waals surface area contributed by atoms with Crippen molar-refractivity contribution in [3.63, 3.8) is 0 Å². The van der Waals surface area contributed by atoms with E-state index >= 15 is 0 Å². The molecule has 2 rings (SSSR count). The van der Waals surface area contributed by atoms with Gasteiger partial charge in [0.2, 0.25) is 0 Å².